The Bertz CT molecular complexity index is 846. The zero-order valence-electron chi connectivity index (χ0n) is 12.1. The molecule has 0 fully saturated rings. The van der Waals surface area contributed by atoms with Crippen molar-refractivity contribution in [2.24, 2.45) is 4.99 Å². The predicted octanol–water partition coefficient (Wildman–Crippen LogP) is 5.57. The highest BCUT2D eigenvalue weighted by atomic mass is 35.5. The molecule has 2 aromatic carbocycles. The van der Waals surface area contributed by atoms with Gasteiger partial charge >= 0.3 is 0 Å². The summed E-state index contributed by atoms with van der Waals surface area (Å²) in [5.41, 5.74) is 5.82. The Morgan fingerprint density at radius 2 is 2.00 bits per heavy atom. The Labute approximate surface area is 148 Å². The lowest BCUT2D eigenvalue weighted by Crippen LogP contribution is -1.97. The van der Waals surface area contributed by atoms with Gasteiger partial charge in [0.25, 0.3) is 5.91 Å². The average molecular weight is 362 g/mol. The number of aliphatic imine (C=N–C) groups is 1. The summed E-state index contributed by atoms with van der Waals surface area (Å²) in [6.07, 6.45) is 1.77. The molecule has 1 heterocycles. The molecule has 115 valence electrons. The van der Waals surface area contributed by atoms with Gasteiger partial charge in [-0.05, 0) is 36.3 Å². The minimum atomic E-state index is -0.281. The van der Waals surface area contributed by atoms with E-state index in [4.69, 9.17) is 23.2 Å². The van der Waals surface area contributed by atoms with Crippen molar-refractivity contribution in [1.82, 2.24) is 0 Å². The molecule has 0 saturated heterocycles. The third-order valence-corrected chi connectivity index (χ3v) is 4.80. The quantitative estimate of drug-likeness (QED) is 0.727. The van der Waals surface area contributed by atoms with E-state index in [-0.39, 0.29) is 5.91 Å². The van der Waals surface area contributed by atoms with E-state index in [1.165, 1.54) is 11.8 Å². The van der Waals surface area contributed by atoms with Crippen molar-refractivity contribution in [3.8, 4) is 0 Å². The van der Waals surface area contributed by atoms with Crippen LogP contribution in [0.5, 0.6) is 0 Å². The van der Waals surface area contributed by atoms with E-state index in [0.717, 1.165) is 16.8 Å². The number of hydrogen-bond acceptors (Lipinski definition) is 3. The van der Waals surface area contributed by atoms with Crippen molar-refractivity contribution in [3.63, 3.8) is 0 Å². The number of nitrogens with one attached hydrogen (secondary N) is 1. The van der Waals surface area contributed by atoms with Gasteiger partial charge in [-0.1, -0.05) is 59.2 Å². The molecule has 1 radical (unpaired) electrons. The molecule has 6 heteroatoms. The summed E-state index contributed by atoms with van der Waals surface area (Å²) >= 11 is 13.8. The van der Waals surface area contributed by atoms with Gasteiger partial charge in [0.1, 0.15) is 5.55 Å². The molecule has 3 nitrogen and oxygen atoms in total. The van der Waals surface area contributed by atoms with Crippen LogP contribution in [0.3, 0.4) is 0 Å². The largest absolute Gasteiger partial charge is 0.353 e. The molecule has 2 aromatic rings. The van der Waals surface area contributed by atoms with Gasteiger partial charge in [0.2, 0.25) is 0 Å². The molecule has 1 N–H and O–H groups in total. The fraction of sp³-hybridized carbons (Fsp3) is 0.0588. The molecule has 23 heavy (non-hydrogen) atoms. The van der Waals surface area contributed by atoms with Crippen molar-refractivity contribution in [3.05, 3.63) is 62.5 Å². The molecule has 0 bridgehead atoms. The van der Waals surface area contributed by atoms with Crippen LogP contribution in [-0.4, -0.2) is 11.5 Å². The standard InChI is InChI=1S/C17H11Cl2N2OS/c1-10-6-7-12(18)16(15(10)19)21-13-5-3-2-4-11(13)8-14-17(22)20-9-23-14/h2-8,21H,1H3. The molecular formula is C17H11Cl2N2OS. The summed E-state index contributed by atoms with van der Waals surface area (Å²) in [5, 5.41) is 4.36. The molecule has 0 aromatic heterocycles. The summed E-state index contributed by atoms with van der Waals surface area (Å²) < 4.78 is 0. The molecular weight excluding hydrogens is 351 g/mol. The van der Waals surface area contributed by atoms with Crippen LogP contribution in [0.2, 0.25) is 10.0 Å². The Balaban J connectivity index is 1.99. The smallest absolute Gasteiger partial charge is 0.284 e. The van der Waals surface area contributed by atoms with E-state index in [1.807, 2.05) is 37.3 Å². The number of amides is 1. The summed E-state index contributed by atoms with van der Waals surface area (Å²) in [7, 11) is 0. The van der Waals surface area contributed by atoms with Crippen LogP contribution in [0.15, 0.2) is 46.3 Å². The maximum atomic E-state index is 11.6. The molecule has 0 unspecified atom stereocenters. The number of halogens is 2. The highest BCUT2D eigenvalue weighted by Crippen LogP contribution is 2.36. The van der Waals surface area contributed by atoms with Crippen molar-refractivity contribution < 1.29 is 4.79 Å². The number of carbonyl (C=O) groups is 1. The molecule has 1 aliphatic heterocycles. The number of hydrogen-bond donors (Lipinski definition) is 1. The molecule has 3 rings (SSSR count). The summed E-state index contributed by atoms with van der Waals surface area (Å²) in [6, 6.07) is 11.3. The lowest BCUT2D eigenvalue weighted by molar-refractivity contribution is -0.113. The number of nitrogens with zero attached hydrogens (tertiary/aromatic N) is 1. The zero-order chi connectivity index (χ0) is 16.4. The first kappa shape index (κ1) is 16.1. The average Bonchev–Trinajstić information content (AvgIpc) is 2.94. The van der Waals surface area contributed by atoms with Gasteiger partial charge in [0, 0.05) is 5.69 Å². The second kappa shape index (κ2) is 6.79. The zero-order valence-corrected chi connectivity index (χ0v) is 14.4. The number of thioether (sulfide) groups is 1. The third kappa shape index (κ3) is 3.44. The molecule has 0 atom stereocenters. The number of aryl methyl sites for hydroxylation is 1. The number of anilines is 2. The molecule has 0 spiro atoms. The van der Waals surface area contributed by atoms with Crippen molar-refractivity contribution in [1.29, 1.82) is 0 Å². The van der Waals surface area contributed by atoms with E-state index in [2.05, 4.69) is 15.9 Å². The Morgan fingerprint density at radius 1 is 1.22 bits per heavy atom. The van der Waals surface area contributed by atoms with Gasteiger partial charge < -0.3 is 5.32 Å². The van der Waals surface area contributed by atoms with Crippen LogP contribution in [0.4, 0.5) is 11.4 Å². The van der Waals surface area contributed by atoms with E-state index < -0.39 is 0 Å². The molecule has 1 aliphatic rings. The van der Waals surface area contributed by atoms with Crippen LogP contribution in [0, 0.1) is 6.92 Å². The second-order valence-electron chi connectivity index (χ2n) is 4.88. The van der Waals surface area contributed by atoms with Gasteiger partial charge in [-0.15, -0.1) is 0 Å². The van der Waals surface area contributed by atoms with Gasteiger partial charge in [0.15, 0.2) is 0 Å². The second-order valence-corrected chi connectivity index (χ2v) is 6.50. The van der Waals surface area contributed by atoms with Crippen LogP contribution in [-0.2, 0) is 4.79 Å². The minimum absolute atomic E-state index is 0.281. The van der Waals surface area contributed by atoms with Crippen LogP contribution in [0.1, 0.15) is 11.1 Å². The number of benzene rings is 2. The van der Waals surface area contributed by atoms with Crippen molar-refractivity contribution in [2.75, 3.05) is 5.32 Å². The van der Waals surface area contributed by atoms with Crippen LogP contribution in [0.25, 0.3) is 6.08 Å². The first-order chi connectivity index (χ1) is 11.1. The lowest BCUT2D eigenvalue weighted by atomic mass is 10.1. The first-order valence-corrected chi connectivity index (χ1v) is 8.33. The summed E-state index contributed by atoms with van der Waals surface area (Å²) in [6.45, 7) is 1.92. The van der Waals surface area contributed by atoms with Crippen molar-refractivity contribution >= 4 is 63.9 Å². The van der Waals surface area contributed by atoms with Crippen LogP contribution >= 0.6 is 35.0 Å². The van der Waals surface area contributed by atoms with Gasteiger partial charge in [0.05, 0.1) is 20.6 Å². The highest BCUT2D eigenvalue weighted by molar-refractivity contribution is 8.16. The number of rotatable bonds is 3. The summed E-state index contributed by atoms with van der Waals surface area (Å²) in [5.74, 6) is -0.281. The Hall–Kier alpha value is -1.75. The van der Waals surface area contributed by atoms with Gasteiger partial charge in [-0.25, -0.2) is 0 Å². The first-order valence-electron chi connectivity index (χ1n) is 6.75. The predicted molar refractivity (Wildman–Crippen MR) is 98.9 cm³/mol. The topological polar surface area (TPSA) is 41.5 Å². The van der Waals surface area contributed by atoms with E-state index >= 15 is 0 Å². The maximum absolute atomic E-state index is 11.6. The molecule has 0 aliphatic carbocycles. The Morgan fingerprint density at radius 3 is 2.74 bits per heavy atom. The van der Waals surface area contributed by atoms with Crippen LogP contribution < -0.4 is 5.32 Å². The fourth-order valence-electron chi connectivity index (χ4n) is 2.09. The highest BCUT2D eigenvalue weighted by Gasteiger charge is 2.16. The third-order valence-electron chi connectivity index (χ3n) is 3.30. The SMILES string of the molecule is Cc1ccc(Cl)c(Nc2ccccc2C=C2S[C]=NC2=O)c1Cl. The monoisotopic (exact) mass is 361 g/mol. The fourth-order valence-corrected chi connectivity index (χ4v) is 3.10. The maximum Gasteiger partial charge on any atom is 0.284 e. The van der Waals surface area contributed by atoms with E-state index in [1.54, 1.807) is 12.1 Å². The van der Waals surface area contributed by atoms with E-state index in [9.17, 15) is 4.79 Å². The Kier molecular flexibility index (Phi) is 4.76. The van der Waals surface area contributed by atoms with Crippen molar-refractivity contribution in [2.45, 2.75) is 6.92 Å². The van der Waals surface area contributed by atoms with E-state index in [0.29, 0.717) is 20.6 Å². The summed E-state index contributed by atoms with van der Waals surface area (Å²) in [4.78, 5) is 15.8. The number of carbonyl (C=O) groups excluding carboxylic acids is 1. The lowest BCUT2D eigenvalue weighted by Gasteiger charge is -2.14. The molecule has 1 amide bonds. The molecule has 0 saturated carbocycles. The minimum Gasteiger partial charge on any atom is -0.353 e. The number of para-hydroxylation sites is 1. The van der Waals surface area contributed by atoms with Gasteiger partial charge in [-0.3, -0.25) is 4.79 Å². The van der Waals surface area contributed by atoms with Gasteiger partial charge in [-0.2, -0.15) is 4.99 Å². The normalized spacial score (nSPS) is 15.4.